The molecule has 2 N–H and O–H groups in total. The van der Waals surface area contributed by atoms with Crippen LogP contribution in [0.5, 0.6) is 5.88 Å². The Kier molecular flexibility index (Phi) is 3.03. The van der Waals surface area contributed by atoms with Gasteiger partial charge in [0.2, 0.25) is 5.88 Å². The lowest BCUT2D eigenvalue weighted by atomic mass is 10.2. The molecule has 2 aromatic heterocycles. The van der Waals surface area contributed by atoms with E-state index in [-0.39, 0.29) is 17.4 Å². The van der Waals surface area contributed by atoms with Gasteiger partial charge in [0.25, 0.3) is 5.69 Å². The summed E-state index contributed by atoms with van der Waals surface area (Å²) in [6.45, 7) is 0. The molecule has 0 radical (unpaired) electrons. The Morgan fingerprint density at radius 2 is 2.00 bits per heavy atom. The molecule has 3 rings (SSSR count). The summed E-state index contributed by atoms with van der Waals surface area (Å²) in [7, 11) is 0. The molecular weight excluding hydrogens is 274 g/mol. The number of aromatic nitrogens is 2. The van der Waals surface area contributed by atoms with Crippen molar-refractivity contribution in [2.45, 2.75) is 0 Å². The zero-order valence-corrected chi connectivity index (χ0v) is 10.6. The summed E-state index contributed by atoms with van der Waals surface area (Å²) in [5.41, 5.74) is 0.912. The van der Waals surface area contributed by atoms with Crippen LogP contribution in [-0.4, -0.2) is 20.0 Å². The Morgan fingerprint density at radius 3 is 2.71 bits per heavy atom. The molecule has 3 aromatic rings. The van der Waals surface area contributed by atoms with Crippen molar-refractivity contribution in [2.24, 2.45) is 10.2 Å². The first-order valence-electron chi connectivity index (χ1n) is 5.97. The van der Waals surface area contributed by atoms with Crippen molar-refractivity contribution in [3.63, 3.8) is 0 Å². The van der Waals surface area contributed by atoms with Gasteiger partial charge in [-0.3, -0.25) is 10.1 Å². The van der Waals surface area contributed by atoms with E-state index in [1.807, 2.05) is 12.1 Å². The first-order valence-corrected chi connectivity index (χ1v) is 5.97. The molecule has 8 nitrogen and oxygen atoms in total. The minimum atomic E-state index is -0.542. The summed E-state index contributed by atoms with van der Waals surface area (Å²) in [5.74, 6) is 0.118. The third-order valence-electron chi connectivity index (χ3n) is 2.86. The fourth-order valence-electron chi connectivity index (χ4n) is 1.86. The van der Waals surface area contributed by atoms with Crippen LogP contribution >= 0.6 is 0 Å². The van der Waals surface area contributed by atoms with Gasteiger partial charge in [0.05, 0.1) is 10.4 Å². The number of H-pyrrole nitrogens is 1. The van der Waals surface area contributed by atoms with E-state index in [1.54, 1.807) is 12.1 Å². The number of nitrogens with one attached hydrogen (secondary N) is 1. The Morgan fingerprint density at radius 1 is 1.19 bits per heavy atom. The SMILES string of the molecule is O=[N+]([O-])c1ccc(N=Nc2c(O)[nH]c3ccccc23)nc1. The molecule has 1 aromatic carbocycles. The average Bonchev–Trinajstić information content (AvgIpc) is 2.81. The van der Waals surface area contributed by atoms with Gasteiger partial charge < -0.3 is 10.1 Å². The van der Waals surface area contributed by atoms with E-state index in [1.165, 1.54) is 12.1 Å². The standard InChI is InChI=1S/C13H9N5O3/c19-13-12(9-3-1-2-4-10(9)15-13)17-16-11-6-5-8(7-14-11)18(20)21/h1-7,15,19H. The summed E-state index contributed by atoms with van der Waals surface area (Å²) in [6.07, 6.45) is 1.10. The van der Waals surface area contributed by atoms with E-state index in [9.17, 15) is 15.2 Å². The van der Waals surface area contributed by atoms with Gasteiger partial charge in [-0.25, -0.2) is 4.98 Å². The monoisotopic (exact) mass is 283 g/mol. The lowest BCUT2D eigenvalue weighted by Crippen LogP contribution is -1.87. The summed E-state index contributed by atoms with van der Waals surface area (Å²) < 4.78 is 0. The molecule has 0 bridgehead atoms. The van der Waals surface area contributed by atoms with E-state index >= 15 is 0 Å². The van der Waals surface area contributed by atoms with Gasteiger partial charge in [0.1, 0.15) is 6.20 Å². The molecule has 0 spiro atoms. The van der Waals surface area contributed by atoms with Gasteiger partial charge in [0, 0.05) is 11.5 Å². The second-order valence-electron chi connectivity index (χ2n) is 4.20. The molecular formula is C13H9N5O3. The highest BCUT2D eigenvalue weighted by molar-refractivity contribution is 5.94. The molecule has 0 saturated heterocycles. The average molecular weight is 283 g/mol. The fraction of sp³-hybridized carbons (Fsp3) is 0. The van der Waals surface area contributed by atoms with Crippen molar-refractivity contribution in [1.29, 1.82) is 0 Å². The number of aromatic hydroxyl groups is 1. The maximum Gasteiger partial charge on any atom is 0.287 e. The van der Waals surface area contributed by atoms with Crippen molar-refractivity contribution in [3.8, 4) is 5.88 Å². The minimum Gasteiger partial charge on any atom is -0.493 e. The van der Waals surface area contributed by atoms with E-state index in [0.29, 0.717) is 5.69 Å². The predicted octanol–water partition coefficient (Wildman–Crippen LogP) is 3.59. The summed E-state index contributed by atoms with van der Waals surface area (Å²) in [5, 5.41) is 28.9. The number of nitro groups is 1. The number of azo groups is 1. The number of hydrogen-bond donors (Lipinski definition) is 2. The van der Waals surface area contributed by atoms with Crippen LogP contribution in [-0.2, 0) is 0 Å². The number of pyridine rings is 1. The van der Waals surface area contributed by atoms with E-state index < -0.39 is 4.92 Å². The smallest absolute Gasteiger partial charge is 0.287 e. The van der Waals surface area contributed by atoms with Gasteiger partial charge in [-0.15, -0.1) is 10.2 Å². The highest BCUT2D eigenvalue weighted by Gasteiger charge is 2.10. The van der Waals surface area contributed by atoms with Crippen LogP contribution in [0.4, 0.5) is 17.2 Å². The molecule has 0 aliphatic rings. The van der Waals surface area contributed by atoms with Crippen LogP contribution in [0, 0.1) is 10.1 Å². The second kappa shape index (κ2) is 5.00. The van der Waals surface area contributed by atoms with Gasteiger partial charge >= 0.3 is 0 Å². The van der Waals surface area contributed by atoms with E-state index in [0.717, 1.165) is 17.1 Å². The maximum atomic E-state index is 10.5. The van der Waals surface area contributed by atoms with Gasteiger partial charge in [-0.05, 0) is 12.1 Å². The van der Waals surface area contributed by atoms with Crippen LogP contribution in [0.15, 0.2) is 52.8 Å². The zero-order chi connectivity index (χ0) is 14.8. The van der Waals surface area contributed by atoms with Gasteiger partial charge in [-0.1, -0.05) is 18.2 Å². The third-order valence-corrected chi connectivity index (χ3v) is 2.86. The second-order valence-corrected chi connectivity index (χ2v) is 4.20. The molecule has 0 saturated carbocycles. The topological polar surface area (TPSA) is 117 Å². The molecule has 0 aliphatic carbocycles. The Bertz CT molecular complexity index is 839. The lowest BCUT2D eigenvalue weighted by Gasteiger charge is -1.93. The maximum absolute atomic E-state index is 10.5. The largest absolute Gasteiger partial charge is 0.493 e. The van der Waals surface area contributed by atoms with Crippen LogP contribution in [0.25, 0.3) is 10.9 Å². The van der Waals surface area contributed by atoms with Crippen LogP contribution in [0.3, 0.4) is 0 Å². The van der Waals surface area contributed by atoms with Crippen LogP contribution in [0.2, 0.25) is 0 Å². The Balaban J connectivity index is 1.94. The quantitative estimate of drug-likeness (QED) is 0.434. The molecule has 21 heavy (non-hydrogen) atoms. The van der Waals surface area contributed by atoms with Crippen molar-refractivity contribution in [1.82, 2.24) is 9.97 Å². The van der Waals surface area contributed by atoms with E-state index in [4.69, 9.17) is 0 Å². The number of rotatable bonds is 3. The molecule has 2 heterocycles. The number of benzene rings is 1. The van der Waals surface area contributed by atoms with Crippen molar-refractivity contribution in [3.05, 3.63) is 52.7 Å². The lowest BCUT2D eigenvalue weighted by molar-refractivity contribution is -0.385. The molecule has 8 heteroatoms. The minimum absolute atomic E-state index is 0.0955. The number of fused-ring (bicyclic) bond motifs is 1. The Hall–Kier alpha value is -3.29. The molecule has 104 valence electrons. The molecule has 0 unspecified atom stereocenters. The molecule has 0 aliphatic heterocycles. The number of para-hydroxylation sites is 1. The predicted molar refractivity (Wildman–Crippen MR) is 75.0 cm³/mol. The summed E-state index contributed by atoms with van der Waals surface area (Å²) in [6, 6.07) is 9.92. The summed E-state index contributed by atoms with van der Waals surface area (Å²) in [4.78, 5) is 16.6. The van der Waals surface area contributed by atoms with Crippen LogP contribution < -0.4 is 0 Å². The Labute approximate surface area is 117 Å². The molecule has 0 atom stereocenters. The van der Waals surface area contributed by atoms with Crippen molar-refractivity contribution < 1.29 is 10.0 Å². The first-order chi connectivity index (χ1) is 10.1. The first kappa shape index (κ1) is 12.7. The molecule has 0 fully saturated rings. The normalized spacial score (nSPS) is 11.2. The fourth-order valence-corrected chi connectivity index (χ4v) is 1.86. The zero-order valence-electron chi connectivity index (χ0n) is 10.6. The number of hydrogen-bond acceptors (Lipinski definition) is 6. The van der Waals surface area contributed by atoms with Gasteiger partial charge in [0.15, 0.2) is 11.5 Å². The third kappa shape index (κ3) is 2.41. The highest BCUT2D eigenvalue weighted by Crippen LogP contribution is 2.35. The molecule has 0 amide bonds. The highest BCUT2D eigenvalue weighted by atomic mass is 16.6. The number of nitrogens with zero attached hydrogens (tertiary/aromatic N) is 4. The summed E-state index contributed by atoms with van der Waals surface area (Å²) >= 11 is 0. The van der Waals surface area contributed by atoms with E-state index in [2.05, 4.69) is 20.2 Å². The van der Waals surface area contributed by atoms with Gasteiger partial charge in [-0.2, -0.15) is 0 Å². The number of aromatic amines is 1. The van der Waals surface area contributed by atoms with Crippen molar-refractivity contribution >= 4 is 28.1 Å². The van der Waals surface area contributed by atoms with Crippen molar-refractivity contribution in [2.75, 3.05) is 0 Å². The van der Waals surface area contributed by atoms with Crippen LogP contribution in [0.1, 0.15) is 0 Å².